The van der Waals surface area contributed by atoms with Gasteiger partial charge in [-0.1, -0.05) is 42.5 Å². The molecule has 1 fully saturated rings. The van der Waals surface area contributed by atoms with Crippen LogP contribution in [0.4, 0.5) is 0 Å². The summed E-state index contributed by atoms with van der Waals surface area (Å²) in [6.07, 6.45) is 2.80. The highest BCUT2D eigenvalue weighted by Gasteiger charge is 2.25. The molecule has 32 heavy (non-hydrogen) atoms. The van der Waals surface area contributed by atoms with Gasteiger partial charge in [0.2, 0.25) is 5.91 Å². The zero-order valence-electron chi connectivity index (χ0n) is 17.6. The monoisotopic (exact) mass is 431 g/mol. The smallest absolute Gasteiger partial charge is 0.289 e. The van der Waals surface area contributed by atoms with Crippen molar-refractivity contribution in [2.75, 3.05) is 19.6 Å². The second-order valence-electron chi connectivity index (χ2n) is 7.74. The molecule has 2 heterocycles. The van der Waals surface area contributed by atoms with E-state index in [-0.39, 0.29) is 30.3 Å². The lowest BCUT2D eigenvalue weighted by molar-refractivity contribution is -0.121. The Bertz CT molecular complexity index is 1050. The predicted molar refractivity (Wildman–Crippen MR) is 120 cm³/mol. The Labute approximate surface area is 186 Å². The molecule has 0 radical (unpaired) electrons. The van der Waals surface area contributed by atoms with Gasteiger partial charge in [-0.15, -0.1) is 0 Å². The van der Waals surface area contributed by atoms with E-state index in [2.05, 4.69) is 10.6 Å². The largest absolute Gasteiger partial charge is 0.459 e. The van der Waals surface area contributed by atoms with Crippen LogP contribution < -0.4 is 10.6 Å². The minimum Gasteiger partial charge on any atom is -0.459 e. The van der Waals surface area contributed by atoms with Gasteiger partial charge in [-0.2, -0.15) is 0 Å². The highest BCUT2D eigenvalue weighted by atomic mass is 16.3. The van der Waals surface area contributed by atoms with Gasteiger partial charge in [-0.05, 0) is 48.2 Å². The van der Waals surface area contributed by atoms with E-state index in [1.807, 2.05) is 42.5 Å². The maximum atomic E-state index is 12.4. The fourth-order valence-corrected chi connectivity index (χ4v) is 3.77. The zero-order valence-corrected chi connectivity index (χ0v) is 17.6. The van der Waals surface area contributed by atoms with E-state index in [4.69, 9.17) is 4.42 Å². The van der Waals surface area contributed by atoms with E-state index in [0.717, 1.165) is 11.1 Å². The first-order valence-electron chi connectivity index (χ1n) is 10.7. The maximum Gasteiger partial charge on any atom is 0.289 e. The molecule has 1 aliphatic heterocycles. The molecule has 164 valence electrons. The Kier molecular flexibility index (Phi) is 6.65. The molecule has 1 aromatic heterocycles. The van der Waals surface area contributed by atoms with Crippen LogP contribution in [0, 0.1) is 0 Å². The van der Waals surface area contributed by atoms with Crippen molar-refractivity contribution in [1.29, 1.82) is 0 Å². The number of nitrogens with one attached hydrogen (secondary N) is 2. The molecule has 2 N–H and O–H groups in total. The van der Waals surface area contributed by atoms with Crippen LogP contribution in [0.2, 0.25) is 0 Å². The quantitative estimate of drug-likeness (QED) is 0.627. The molecule has 7 heteroatoms. The van der Waals surface area contributed by atoms with Crippen molar-refractivity contribution in [3.05, 3.63) is 84.3 Å². The van der Waals surface area contributed by atoms with E-state index in [1.165, 1.54) is 6.26 Å². The average Bonchev–Trinajstić information content (AvgIpc) is 3.38. The third-order valence-corrected chi connectivity index (χ3v) is 5.54. The number of piperidine rings is 1. The first-order valence-corrected chi connectivity index (χ1v) is 10.7. The predicted octanol–water partition coefficient (Wildman–Crippen LogP) is 3.10. The molecule has 3 aromatic rings. The van der Waals surface area contributed by atoms with Crippen molar-refractivity contribution in [2.24, 2.45) is 0 Å². The van der Waals surface area contributed by atoms with Crippen molar-refractivity contribution in [2.45, 2.75) is 18.9 Å². The third-order valence-electron chi connectivity index (χ3n) is 5.54. The molecule has 7 nitrogen and oxygen atoms in total. The summed E-state index contributed by atoms with van der Waals surface area (Å²) in [5.74, 6) is -0.342. The van der Waals surface area contributed by atoms with Crippen molar-refractivity contribution in [3.63, 3.8) is 0 Å². The molecule has 1 saturated heterocycles. The molecule has 0 unspecified atom stereocenters. The fourth-order valence-electron chi connectivity index (χ4n) is 3.77. The van der Waals surface area contributed by atoms with Crippen LogP contribution in [0.5, 0.6) is 0 Å². The average molecular weight is 431 g/mol. The number of hydrogen-bond acceptors (Lipinski definition) is 4. The lowest BCUT2D eigenvalue weighted by Gasteiger charge is -2.31. The standard InChI is InChI=1S/C25H25N3O4/c29-23(27-21-12-14-28(15-13-21)25(31)22-7-4-16-32-22)17-26-24(30)20-10-8-19(9-11-20)18-5-2-1-3-6-18/h1-11,16,21H,12-15,17H2,(H,26,30)(H,27,29). The summed E-state index contributed by atoms with van der Waals surface area (Å²) in [5, 5.41) is 5.60. The Hall–Kier alpha value is -3.87. The molecule has 0 spiro atoms. The number of furan rings is 1. The lowest BCUT2D eigenvalue weighted by Crippen LogP contribution is -2.48. The van der Waals surface area contributed by atoms with E-state index < -0.39 is 0 Å². The molecular weight excluding hydrogens is 406 g/mol. The van der Waals surface area contributed by atoms with Gasteiger partial charge in [0.1, 0.15) is 0 Å². The van der Waals surface area contributed by atoms with Crippen LogP contribution in [-0.2, 0) is 4.79 Å². The number of hydrogen-bond donors (Lipinski definition) is 2. The van der Waals surface area contributed by atoms with Crippen molar-refractivity contribution in [1.82, 2.24) is 15.5 Å². The number of likely N-dealkylation sites (tertiary alicyclic amines) is 1. The van der Waals surface area contributed by atoms with Crippen LogP contribution in [-0.4, -0.2) is 48.3 Å². The fraction of sp³-hybridized carbons (Fsp3) is 0.240. The van der Waals surface area contributed by atoms with E-state index in [1.54, 1.807) is 29.2 Å². The summed E-state index contributed by atoms with van der Waals surface area (Å²) in [6, 6.07) is 20.5. The van der Waals surface area contributed by atoms with Gasteiger partial charge in [0.05, 0.1) is 12.8 Å². The van der Waals surface area contributed by atoms with Crippen LogP contribution >= 0.6 is 0 Å². The maximum absolute atomic E-state index is 12.4. The molecule has 1 aliphatic rings. The van der Waals surface area contributed by atoms with Crippen LogP contribution in [0.3, 0.4) is 0 Å². The molecule has 3 amide bonds. The second kappa shape index (κ2) is 9.96. The number of amides is 3. The Morgan fingerprint density at radius 1 is 0.875 bits per heavy atom. The summed E-state index contributed by atoms with van der Waals surface area (Å²) in [6.45, 7) is 1.00. The summed E-state index contributed by atoms with van der Waals surface area (Å²) in [5.41, 5.74) is 2.61. The van der Waals surface area contributed by atoms with Gasteiger partial charge in [-0.3, -0.25) is 14.4 Å². The molecule has 0 aliphatic carbocycles. The number of rotatable bonds is 6. The zero-order chi connectivity index (χ0) is 22.3. The first-order chi connectivity index (χ1) is 15.6. The first kappa shape index (κ1) is 21.4. The number of benzene rings is 2. The van der Waals surface area contributed by atoms with Crippen LogP contribution in [0.1, 0.15) is 33.8 Å². The molecule has 0 bridgehead atoms. The van der Waals surface area contributed by atoms with Gasteiger partial charge in [0.25, 0.3) is 11.8 Å². The summed E-state index contributed by atoms with van der Waals surface area (Å²) in [4.78, 5) is 38.7. The molecule has 0 saturated carbocycles. The molecular formula is C25H25N3O4. The Morgan fingerprint density at radius 2 is 1.56 bits per heavy atom. The Morgan fingerprint density at radius 3 is 2.22 bits per heavy atom. The highest BCUT2D eigenvalue weighted by Crippen LogP contribution is 2.19. The second-order valence-corrected chi connectivity index (χ2v) is 7.74. The topological polar surface area (TPSA) is 91.7 Å². The number of carbonyl (C=O) groups is 3. The third kappa shape index (κ3) is 5.24. The number of nitrogens with zero attached hydrogens (tertiary/aromatic N) is 1. The minimum atomic E-state index is -0.293. The normalized spacial score (nSPS) is 14.1. The summed E-state index contributed by atoms with van der Waals surface area (Å²) < 4.78 is 5.16. The van der Waals surface area contributed by atoms with Crippen molar-refractivity contribution in [3.8, 4) is 11.1 Å². The lowest BCUT2D eigenvalue weighted by atomic mass is 10.0. The van der Waals surface area contributed by atoms with Crippen LogP contribution in [0.15, 0.2) is 77.4 Å². The molecule has 0 atom stereocenters. The van der Waals surface area contributed by atoms with Gasteiger partial charge in [0.15, 0.2) is 5.76 Å². The van der Waals surface area contributed by atoms with E-state index in [9.17, 15) is 14.4 Å². The SMILES string of the molecule is O=C(CNC(=O)c1ccc(-c2ccccc2)cc1)NC1CCN(C(=O)c2ccco2)CC1. The number of carbonyl (C=O) groups excluding carboxylic acids is 3. The van der Waals surface area contributed by atoms with Crippen molar-refractivity contribution < 1.29 is 18.8 Å². The summed E-state index contributed by atoms with van der Waals surface area (Å²) in [7, 11) is 0. The molecule has 2 aromatic carbocycles. The summed E-state index contributed by atoms with van der Waals surface area (Å²) >= 11 is 0. The van der Waals surface area contributed by atoms with E-state index in [0.29, 0.717) is 37.3 Å². The van der Waals surface area contributed by atoms with Gasteiger partial charge >= 0.3 is 0 Å². The van der Waals surface area contributed by atoms with Gasteiger partial charge in [0, 0.05) is 24.7 Å². The Balaban J connectivity index is 1.20. The minimum absolute atomic E-state index is 0.0230. The van der Waals surface area contributed by atoms with Crippen molar-refractivity contribution >= 4 is 17.7 Å². The van der Waals surface area contributed by atoms with Gasteiger partial charge < -0.3 is 20.0 Å². The van der Waals surface area contributed by atoms with E-state index >= 15 is 0 Å². The molecule has 4 rings (SSSR count). The van der Waals surface area contributed by atoms with Crippen LogP contribution in [0.25, 0.3) is 11.1 Å². The van der Waals surface area contributed by atoms with Gasteiger partial charge in [-0.25, -0.2) is 0 Å². The highest BCUT2D eigenvalue weighted by molar-refractivity contribution is 5.97.